The summed E-state index contributed by atoms with van der Waals surface area (Å²) in [6.07, 6.45) is 6.91. The quantitative estimate of drug-likeness (QED) is 0.738. The molecule has 0 aromatic heterocycles. The summed E-state index contributed by atoms with van der Waals surface area (Å²) in [6.45, 7) is 13.0. The lowest BCUT2D eigenvalue weighted by atomic mass is 9.65. The molecular formula is C15H31N. The van der Waals surface area contributed by atoms with Crippen molar-refractivity contribution in [1.29, 1.82) is 0 Å². The molecule has 0 aromatic carbocycles. The second kappa shape index (κ2) is 6.05. The van der Waals surface area contributed by atoms with Gasteiger partial charge < -0.3 is 5.32 Å². The topological polar surface area (TPSA) is 12.0 Å². The van der Waals surface area contributed by atoms with Gasteiger partial charge >= 0.3 is 0 Å². The van der Waals surface area contributed by atoms with Crippen LogP contribution < -0.4 is 5.32 Å². The van der Waals surface area contributed by atoms with Gasteiger partial charge in [0.05, 0.1) is 0 Å². The maximum Gasteiger partial charge on any atom is 0.00954 e. The van der Waals surface area contributed by atoms with E-state index in [0.717, 1.165) is 24.4 Å². The third-order valence-corrected chi connectivity index (χ3v) is 4.06. The van der Waals surface area contributed by atoms with Gasteiger partial charge in [-0.25, -0.2) is 0 Å². The van der Waals surface area contributed by atoms with Crippen LogP contribution >= 0.6 is 0 Å². The molecule has 0 aliphatic heterocycles. The van der Waals surface area contributed by atoms with Crippen molar-refractivity contribution in [2.75, 3.05) is 6.54 Å². The van der Waals surface area contributed by atoms with E-state index in [2.05, 4.69) is 39.9 Å². The van der Waals surface area contributed by atoms with E-state index in [9.17, 15) is 0 Å². The summed E-state index contributed by atoms with van der Waals surface area (Å²) in [5.41, 5.74) is 0.559. The maximum atomic E-state index is 3.71. The highest BCUT2D eigenvalue weighted by Crippen LogP contribution is 2.43. The minimum absolute atomic E-state index is 0.559. The Hall–Kier alpha value is -0.0400. The van der Waals surface area contributed by atoms with E-state index >= 15 is 0 Å². The zero-order valence-electron chi connectivity index (χ0n) is 12.0. The second-order valence-corrected chi connectivity index (χ2v) is 6.63. The number of rotatable bonds is 5. The van der Waals surface area contributed by atoms with E-state index in [1.54, 1.807) is 0 Å². The molecule has 0 bridgehead atoms. The molecule has 0 spiro atoms. The molecule has 0 amide bonds. The number of hydrogen-bond donors (Lipinski definition) is 1. The van der Waals surface area contributed by atoms with Gasteiger partial charge in [-0.2, -0.15) is 0 Å². The average molecular weight is 225 g/mol. The molecule has 1 heteroatoms. The Labute approximate surface area is 102 Å². The minimum atomic E-state index is 0.559. The first kappa shape index (κ1) is 14.0. The Kier molecular flexibility index (Phi) is 5.30. The first-order valence-electron chi connectivity index (χ1n) is 7.22. The Balaban J connectivity index is 2.61. The van der Waals surface area contributed by atoms with Gasteiger partial charge in [0.1, 0.15) is 0 Å². The van der Waals surface area contributed by atoms with Crippen molar-refractivity contribution in [1.82, 2.24) is 5.32 Å². The molecule has 3 atom stereocenters. The molecular weight excluding hydrogens is 194 g/mol. The highest BCUT2D eigenvalue weighted by atomic mass is 14.9. The van der Waals surface area contributed by atoms with Crippen LogP contribution in [0.15, 0.2) is 0 Å². The first-order valence-corrected chi connectivity index (χ1v) is 7.22. The SMILES string of the molecule is CCCC(NCC)C1CC(C)CC(C)(C)C1. The Morgan fingerprint density at radius 3 is 2.44 bits per heavy atom. The van der Waals surface area contributed by atoms with Crippen molar-refractivity contribution in [3.63, 3.8) is 0 Å². The van der Waals surface area contributed by atoms with E-state index in [-0.39, 0.29) is 0 Å². The molecule has 1 fully saturated rings. The lowest BCUT2D eigenvalue weighted by Gasteiger charge is -2.42. The normalized spacial score (nSPS) is 31.3. The molecule has 16 heavy (non-hydrogen) atoms. The predicted molar refractivity (Wildman–Crippen MR) is 72.7 cm³/mol. The lowest BCUT2D eigenvalue weighted by molar-refractivity contribution is 0.104. The van der Waals surface area contributed by atoms with Gasteiger partial charge in [-0.05, 0) is 49.5 Å². The highest BCUT2D eigenvalue weighted by Gasteiger charge is 2.35. The number of nitrogens with one attached hydrogen (secondary N) is 1. The van der Waals surface area contributed by atoms with Crippen molar-refractivity contribution in [2.45, 2.75) is 72.8 Å². The molecule has 1 rings (SSSR count). The first-order chi connectivity index (χ1) is 7.48. The summed E-state index contributed by atoms with van der Waals surface area (Å²) in [6, 6.07) is 0.761. The second-order valence-electron chi connectivity index (χ2n) is 6.63. The van der Waals surface area contributed by atoms with Crippen LogP contribution in [0.1, 0.15) is 66.7 Å². The molecule has 96 valence electrons. The standard InChI is InChI=1S/C15H31N/c1-6-8-14(16-7-2)13-9-12(3)10-15(4,5)11-13/h12-14,16H,6-11H2,1-5H3. The molecule has 1 saturated carbocycles. The van der Waals surface area contributed by atoms with Gasteiger partial charge in [-0.15, -0.1) is 0 Å². The third kappa shape index (κ3) is 4.08. The molecule has 0 heterocycles. The molecule has 1 aliphatic rings. The fourth-order valence-electron chi connectivity index (χ4n) is 3.80. The summed E-state index contributed by atoms with van der Waals surface area (Å²) in [5, 5.41) is 3.71. The van der Waals surface area contributed by atoms with Crippen molar-refractivity contribution in [2.24, 2.45) is 17.3 Å². The van der Waals surface area contributed by atoms with Gasteiger partial charge in [0.15, 0.2) is 0 Å². The van der Waals surface area contributed by atoms with Gasteiger partial charge in [-0.3, -0.25) is 0 Å². The largest absolute Gasteiger partial charge is 0.314 e. The van der Waals surface area contributed by atoms with Crippen molar-refractivity contribution < 1.29 is 0 Å². The summed E-state index contributed by atoms with van der Waals surface area (Å²) in [5.74, 6) is 1.81. The Bertz CT molecular complexity index is 192. The third-order valence-electron chi connectivity index (χ3n) is 4.06. The zero-order chi connectivity index (χ0) is 12.2. The smallest absolute Gasteiger partial charge is 0.00954 e. The van der Waals surface area contributed by atoms with E-state index in [1.165, 1.54) is 32.1 Å². The van der Waals surface area contributed by atoms with E-state index < -0.39 is 0 Å². The van der Waals surface area contributed by atoms with E-state index in [1.807, 2.05) is 0 Å². The van der Waals surface area contributed by atoms with Crippen LogP contribution in [0.25, 0.3) is 0 Å². The van der Waals surface area contributed by atoms with Crippen molar-refractivity contribution >= 4 is 0 Å². The molecule has 3 unspecified atom stereocenters. The van der Waals surface area contributed by atoms with Crippen LogP contribution in [0.3, 0.4) is 0 Å². The lowest BCUT2D eigenvalue weighted by Crippen LogP contribution is -2.41. The molecule has 1 N–H and O–H groups in total. The van der Waals surface area contributed by atoms with Gasteiger partial charge in [0, 0.05) is 6.04 Å². The monoisotopic (exact) mass is 225 g/mol. The summed E-state index contributed by atoms with van der Waals surface area (Å²) < 4.78 is 0. The number of hydrogen-bond acceptors (Lipinski definition) is 1. The molecule has 0 aromatic rings. The van der Waals surface area contributed by atoms with Gasteiger partial charge in [0.25, 0.3) is 0 Å². The zero-order valence-corrected chi connectivity index (χ0v) is 12.0. The van der Waals surface area contributed by atoms with Crippen molar-refractivity contribution in [3.8, 4) is 0 Å². The highest BCUT2D eigenvalue weighted by molar-refractivity contribution is 4.88. The summed E-state index contributed by atoms with van der Waals surface area (Å²) in [4.78, 5) is 0. The molecule has 0 saturated heterocycles. The fraction of sp³-hybridized carbons (Fsp3) is 1.00. The van der Waals surface area contributed by atoms with Crippen LogP contribution in [-0.4, -0.2) is 12.6 Å². The molecule has 1 aliphatic carbocycles. The predicted octanol–water partition coefficient (Wildman–Crippen LogP) is 4.23. The summed E-state index contributed by atoms with van der Waals surface area (Å²) in [7, 11) is 0. The van der Waals surface area contributed by atoms with Gasteiger partial charge in [0.2, 0.25) is 0 Å². The molecule has 1 nitrogen and oxygen atoms in total. The molecule has 0 radical (unpaired) electrons. The van der Waals surface area contributed by atoms with Crippen LogP contribution in [0.4, 0.5) is 0 Å². The van der Waals surface area contributed by atoms with Crippen LogP contribution in [0.2, 0.25) is 0 Å². The van der Waals surface area contributed by atoms with Gasteiger partial charge in [-0.1, -0.05) is 41.0 Å². The van der Waals surface area contributed by atoms with Crippen molar-refractivity contribution in [3.05, 3.63) is 0 Å². The van der Waals surface area contributed by atoms with Crippen LogP contribution in [-0.2, 0) is 0 Å². The maximum absolute atomic E-state index is 3.71. The average Bonchev–Trinajstić information content (AvgIpc) is 2.14. The summed E-state index contributed by atoms with van der Waals surface area (Å²) >= 11 is 0. The van der Waals surface area contributed by atoms with Crippen LogP contribution in [0.5, 0.6) is 0 Å². The Morgan fingerprint density at radius 2 is 1.94 bits per heavy atom. The minimum Gasteiger partial charge on any atom is -0.314 e. The fourth-order valence-corrected chi connectivity index (χ4v) is 3.80. The van der Waals surface area contributed by atoms with E-state index in [4.69, 9.17) is 0 Å². The van der Waals surface area contributed by atoms with E-state index in [0.29, 0.717) is 5.41 Å². The van der Waals surface area contributed by atoms with Crippen LogP contribution in [0, 0.1) is 17.3 Å². The Morgan fingerprint density at radius 1 is 1.25 bits per heavy atom.